The van der Waals surface area contributed by atoms with Gasteiger partial charge in [0.1, 0.15) is 0 Å². The van der Waals surface area contributed by atoms with Crippen LogP contribution < -0.4 is 5.32 Å². The van der Waals surface area contributed by atoms with E-state index in [1.807, 2.05) is 6.07 Å². The van der Waals surface area contributed by atoms with Gasteiger partial charge in [-0.05, 0) is 37.0 Å². The third-order valence-electron chi connectivity index (χ3n) is 2.77. The van der Waals surface area contributed by atoms with Crippen LogP contribution in [0, 0.1) is 0 Å². The van der Waals surface area contributed by atoms with E-state index in [9.17, 15) is 4.79 Å². The molecule has 0 bridgehead atoms. The minimum Gasteiger partial charge on any atom is -0.353 e. The molecule has 92 valence electrons. The van der Waals surface area contributed by atoms with Crippen molar-refractivity contribution in [3.05, 3.63) is 35.9 Å². The number of thioether (sulfide) groups is 1. The van der Waals surface area contributed by atoms with Crippen LogP contribution in [-0.2, 0) is 11.2 Å². The Morgan fingerprint density at radius 2 is 2.06 bits per heavy atom. The van der Waals surface area contributed by atoms with Gasteiger partial charge in [0, 0.05) is 6.04 Å². The molecule has 0 saturated heterocycles. The Morgan fingerprint density at radius 1 is 1.29 bits per heavy atom. The van der Waals surface area contributed by atoms with E-state index in [2.05, 4.69) is 29.6 Å². The molecule has 0 radical (unpaired) electrons. The Morgan fingerprint density at radius 3 is 2.76 bits per heavy atom. The molecule has 1 aliphatic carbocycles. The summed E-state index contributed by atoms with van der Waals surface area (Å²) in [6, 6.07) is 11.0. The van der Waals surface area contributed by atoms with Gasteiger partial charge in [0.15, 0.2) is 0 Å². The van der Waals surface area contributed by atoms with E-state index in [1.165, 1.54) is 18.4 Å². The zero-order valence-corrected chi connectivity index (χ0v) is 10.8. The minimum atomic E-state index is 0.206. The fourth-order valence-corrected chi connectivity index (χ4v) is 2.45. The van der Waals surface area contributed by atoms with Crippen LogP contribution in [0.3, 0.4) is 0 Å². The summed E-state index contributed by atoms with van der Waals surface area (Å²) >= 11 is 1.74. The molecule has 2 nitrogen and oxygen atoms in total. The molecule has 1 amide bonds. The first-order valence-corrected chi connectivity index (χ1v) is 7.41. The van der Waals surface area contributed by atoms with E-state index in [4.69, 9.17) is 0 Å². The molecule has 1 fully saturated rings. The maximum atomic E-state index is 11.4. The first kappa shape index (κ1) is 12.5. The maximum Gasteiger partial charge on any atom is 0.230 e. The van der Waals surface area contributed by atoms with Crippen LogP contribution in [0.15, 0.2) is 30.3 Å². The van der Waals surface area contributed by atoms with Gasteiger partial charge in [0.25, 0.3) is 0 Å². The lowest BCUT2D eigenvalue weighted by atomic mass is 10.1. The van der Waals surface area contributed by atoms with Crippen LogP contribution in [0.2, 0.25) is 0 Å². The molecule has 0 aliphatic heterocycles. The highest BCUT2D eigenvalue weighted by Gasteiger charge is 2.22. The Labute approximate surface area is 107 Å². The number of aryl methyl sites for hydroxylation is 1. The van der Waals surface area contributed by atoms with Crippen LogP contribution in [-0.4, -0.2) is 23.5 Å². The van der Waals surface area contributed by atoms with Crippen molar-refractivity contribution in [3.63, 3.8) is 0 Å². The van der Waals surface area contributed by atoms with Crippen molar-refractivity contribution in [2.45, 2.75) is 31.7 Å². The third kappa shape index (κ3) is 5.26. The van der Waals surface area contributed by atoms with Crippen LogP contribution >= 0.6 is 11.8 Å². The summed E-state index contributed by atoms with van der Waals surface area (Å²) in [6.45, 7) is 0. The van der Waals surface area contributed by atoms with E-state index in [-0.39, 0.29) is 5.91 Å². The first-order valence-electron chi connectivity index (χ1n) is 6.25. The second-order valence-electron chi connectivity index (χ2n) is 4.48. The molecule has 0 heterocycles. The standard InChI is InChI=1S/C14H19NOS/c16-14(15-13-8-9-13)11-17-10-4-7-12-5-2-1-3-6-12/h1-3,5-6,13H,4,7-11H2,(H,15,16). The summed E-state index contributed by atoms with van der Waals surface area (Å²) in [5.74, 6) is 1.88. The normalized spacial score (nSPS) is 14.6. The van der Waals surface area contributed by atoms with Gasteiger partial charge in [-0.3, -0.25) is 4.79 Å². The second-order valence-corrected chi connectivity index (χ2v) is 5.59. The Balaban J connectivity index is 1.50. The predicted octanol–water partition coefficient (Wildman–Crippen LogP) is 2.63. The molecule has 1 saturated carbocycles. The molecule has 3 heteroatoms. The topological polar surface area (TPSA) is 29.1 Å². The van der Waals surface area contributed by atoms with Gasteiger partial charge >= 0.3 is 0 Å². The lowest BCUT2D eigenvalue weighted by molar-refractivity contribution is -0.118. The average Bonchev–Trinajstić information content (AvgIpc) is 3.14. The van der Waals surface area contributed by atoms with Crippen molar-refractivity contribution < 1.29 is 4.79 Å². The predicted molar refractivity (Wildman–Crippen MR) is 73.3 cm³/mol. The zero-order chi connectivity index (χ0) is 11.9. The van der Waals surface area contributed by atoms with Crippen LogP contribution in [0.5, 0.6) is 0 Å². The lowest BCUT2D eigenvalue weighted by Crippen LogP contribution is -2.27. The Bertz CT molecular complexity index is 348. The van der Waals surface area contributed by atoms with E-state index in [0.717, 1.165) is 18.6 Å². The lowest BCUT2D eigenvalue weighted by Gasteiger charge is -2.03. The molecule has 1 aromatic rings. The molecule has 2 rings (SSSR count). The zero-order valence-electron chi connectivity index (χ0n) is 10.0. The molecule has 0 aromatic heterocycles. The fraction of sp³-hybridized carbons (Fsp3) is 0.500. The molecule has 17 heavy (non-hydrogen) atoms. The van der Waals surface area contributed by atoms with Gasteiger partial charge in [-0.2, -0.15) is 11.8 Å². The van der Waals surface area contributed by atoms with Gasteiger partial charge in [0.05, 0.1) is 5.75 Å². The van der Waals surface area contributed by atoms with Crippen molar-refractivity contribution in [1.82, 2.24) is 5.32 Å². The molecule has 1 N–H and O–H groups in total. The summed E-state index contributed by atoms with van der Waals surface area (Å²) < 4.78 is 0. The van der Waals surface area contributed by atoms with Crippen LogP contribution in [0.25, 0.3) is 0 Å². The number of amides is 1. The number of carbonyl (C=O) groups is 1. The number of rotatable bonds is 7. The molecule has 0 spiro atoms. The second kappa shape index (κ2) is 6.70. The number of carbonyl (C=O) groups excluding carboxylic acids is 1. The molecule has 1 aromatic carbocycles. The minimum absolute atomic E-state index is 0.206. The number of benzene rings is 1. The maximum absolute atomic E-state index is 11.4. The van der Waals surface area contributed by atoms with Gasteiger partial charge in [-0.1, -0.05) is 30.3 Å². The first-order chi connectivity index (χ1) is 8.34. The summed E-state index contributed by atoms with van der Waals surface area (Å²) in [7, 11) is 0. The van der Waals surface area contributed by atoms with E-state index >= 15 is 0 Å². The SMILES string of the molecule is O=C(CSCCCc1ccccc1)NC1CC1. The van der Waals surface area contributed by atoms with Crippen molar-refractivity contribution in [3.8, 4) is 0 Å². The van der Waals surface area contributed by atoms with Crippen LogP contribution in [0.1, 0.15) is 24.8 Å². The van der Waals surface area contributed by atoms with Gasteiger partial charge in [-0.25, -0.2) is 0 Å². The van der Waals surface area contributed by atoms with Gasteiger partial charge in [0.2, 0.25) is 5.91 Å². The Hall–Kier alpha value is -0.960. The number of hydrogen-bond donors (Lipinski definition) is 1. The molecule has 0 unspecified atom stereocenters. The van der Waals surface area contributed by atoms with Crippen molar-refractivity contribution in [2.75, 3.05) is 11.5 Å². The molecular formula is C14H19NOS. The molecular weight excluding hydrogens is 230 g/mol. The summed E-state index contributed by atoms with van der Waals surface area (Å²) in [6.07, 6.45) is 4.60. The van der Waals surface area contributed by atoms with E-state index in [0.29, 0.717) is 11.8 Å². The molecule has 1 aliphatic rings. The largest absolute Gasteiger partial charge is 0.353 e. The summed E-state index contributed by atoms with van der Waals surface area (Å²) in [4.78, 5) is 11.4. The fourth-order valence-electron chi connectivity index (χ4n) is 1.68. The van der Waals surface area contributed by atoms with E-state index < -0.39 is 0 Å². The van der Waals surface area contributed by atoms with Gasteiger partial charge < -0.3 is 5.32 Å². The number of nitrogens with one attached hydrogen (secondary N) is 1. The average molecular weight is 249 g/mol. The Kier molecular flexibility index (Phi) is 4.92. The monoisotopic (exact) mass is 249 g/mol. The summed E-state index contributed by atoms with van der Waals surface area (Å²) in [5.41, 5.74) is 1.38. The van der Waals surface area contributed by atoms with Gasteiger partial charge in [-0.15, -0.1) is 0 Å². The van der Waals surface area contributed by atoms with Crippen molar-refractivity contribution >= 4 is 17.7 Å². The highest BCUT2D eigenvalue weighted by atomic mass is 32.2. The summed E-state index contributed by atoms with van der Waals surface area (Å²) in [5, 5.41) is 3.00. The smallest absolute Gasteiger partial charge is 0.230 e. The van der Waals surface area contributed by atoms with Crippen molar-refractivity contribution in [1.29, 1.82) is 0 Å². The number of hydrogen-bond acceptors (Lipinski definition) is 2. The molecule has 0 atom stereocenters. The third-order valence-corrected chi connectivity index (χ3v) is 3.82. The van der Waals surface area contributed by atoms with Crippen molar-refractivity contribution in [2.24, 2.45) is 0 Å². The highest BCUT2D eigenvalue weighted by Crippen LogP contribution is 2.18. The van der Waals surface area contributed by atoms with Crippen LogP contribution in [0.4, 0.5) is 0 Å². The quantitative estimate of drug-likeness (QED) is 0.753. The van der Waals surface area contributed by atoms with E-state index in [1.54, 1.807) is 11.8 Å². The highest BCUT2D eigenvalue weighted by molar-refractivity contribution is 7.99.